The summed E-state index contributed by atoms with van der Waals surface area (Å²) in [6.45, 7) is 3.29. The van der Waals surface area contributed by atoms with Crippen molar-refractivity contribution in [2.45, 2.75) is 26.2 Å². The SMILES string of the molecule is Cc1nc(Cl)nc(N2CC3CCCC3C2)c1[N+](=O)[O-]. The van der Waals surface area contributed by atoms with Crippen LogP contribution >= 0.6 is 11.6 Å². The van der Waals surface area contributed by atoms with Crippen LogP contribution in [-0.4, -0.2) is 28.0 Å². The molecule has 2 fully saturated rings. The summed E-state index contributed by atoms with van der Waals surface area (Å²) in [6.07, 6.45) is 3.70. The van der Waals surface area contributed by atoms with E-state index < -0.39 is 4.92 Å². The molecule has 2 atom stereocenters. The maximum atomic E-state index is 11.2. The lowest BCUT2D eigenvalue weighted by Crippen LogP contribution is -2.23. The fourth-order valence-electron chi connectivity index (χ4n) is 3.36. The Bertz CT molecular complexity index is 525. The monoisotopic (exact) mass is 282 g/mol. The Balaban J connectivity index is 1.98. The number of aromatic nitrogens is 2. The molecule has 0 spiro atoms. The summed E-state index contributed by atoms with van der Waals surface area (Å²) in [5, 5.41) is 11.3. The molecule has 1 aromatic rings. The molecule has 3 rings (SSSR count). The van der Waals surface area contributed by atoms with Gasteiger partial charge in [0.05, 0.1) is 4.92 Å². The molecule has 19 heavy (non-hydrogen) atoms. The van der Waals surface area contributed by atoms with E-state index in [1.807, 2.05) is 4.90 Å². The second-order valence-electron chi connectivity index (χ2n) is 5.36. The maximum absolute atomic E-state index is 11.2. The van der Waals surface area contributed by atoms with Crippen molar-refractivity contribution in [1.82, 2.24) is 9.97 Å². The van der Waals surface area contributed by atoms with Crippen molar-refractivity contribution in [2.24, 2.45) is 11.8 Å². The molecule has 1 aromatic heterocycles. The predicted molar refractivity (Wildman–Crippen MR) is 71.5 cm³/mol. The van der Waals surface area contributed by atoms with E-state index in [4.69, 9.17) is 11.6 Å². The van der Waals surface area contributed by atoms with Gasteiger partial charge in [-0.2, -0.15) is 4.98 Å². The zero-order chi connectivity index (χ0) is 13.6. The minimum absolute atomic E-state index is 0.00984. The number of aryl methyl sites for hydroxylation is 1. The summed E-state index contributed by atoms with van der Waals surface area (Å²) in [7, 11) is 0. The second kappa shape index (κ2) is 4.59. The summed E-state index contributed by atoms with van der Waals surface area (Å²) in [6, 6.07) is 0. The number of rotatable bonds is 2. The first-order chi connectivity index (χ1) is 9.06. The van der Waals surface area contributed by atoms with Gasteiger partial charge in [-0.1, -0.05) is 6.42 Å². The highest BCUT2D eigenvalue weighted by molar-refractivity contribution is 6.28. The number of halogens is 1. The Kier molecular flexibility index (Phi) is 3.05. The minimum atomic E-state index is -0.408. The molecule has 102 valence electrons. The molecule has 6 nitrogen and oxygen atoms in total. The number of nitro groups is 1. The third-order valence-electron chi connectivity index (χ3n) is 4.22. The Labute approximate surface area is 115 Å². The molecule has 2 heterocycles. The van der Waals surface area contributed by atoms with E-state index in [2.05, 4.69) is 9.97 Å². The quantitative estimate of drug-likeness (QED) is 0.473. The van der Waals surface area contributed by atoms with Gasteiger partial charge in [-0.05, 0) is 43.2 Å². The van der Waals surface area contributed by atoms with Crippen molar-refractivity contribution in [3.8, 4) is 0 Å². The Morgan fingerprint density at radius 1 is 1.32 bits per heavy atom. The maximum Gasteiger partial charge on any atom is 0.332 e. The van der Waals surface area contributed by atoms with Crippen LogP contribution in [-0.2, 0) is 0 Å². The lowest BCUT2D eigenvalue weighted by molar-refractivity contribution is -0.385. The fourth-order valence-corrected chi connectivity index (χ4v) is 3.57. The molecule has 0 radical (unpaired) electrons. The van der Waals surface area contributed by atoms with Crippen molar-refractivity contribution < 1.29 is 4.92 Å². The first-order valence-corrected chi connectivity index (χ1v) is 6.87. The molecular formula is C12H15ClN4O2. The Hall–Kier alpha value is -1.43. The molecule has 1 saturated heterocycles. The first kappa shape index (κ1) is 12.6. The zero-order valence-electron chi connectivity index (χ0n) is 10.7. The van der Waals surface area contributed by atoms with Gasteiger partial charge in [0.15, 0.2) is 0 Å². The molecule has 0 amide bonds. The van der Waals surface area contributed by atoms with Crippen LogP contribution in [0.5, 0.6) is 0 Å². The molecule has 0 aromatic carbocycles. The third kappa shape index (κ3) is 2.14. The average Bonchev–Trinajstić information content (AvgIpc) is 2.86. The van der Waals surface area contributed by atoms with Crippen molar-refractivity contribution in [3.05, 3.63) is 21.1 Å². The number of anilines is 1. The van der Waals surface area contributed by atoms with Crippen molar-refractivity contribution >= 4 is 23.1 Å². The van der Waals surface area contributed by atoms with Crippen molar-refractivity contribution in [2.75, 3.05) is 18.0 Å². The van der Waals surface area contributed by atoms with Crippen LogP contribution in [0.15, 0.2) is 0 Å². The molecule has 2 aliphatic rings. The van der Waals surface area contributed by atoms with Crippen molar-refractivity contribution in [3.63, 3.8) is 0 Å². The molecule has 1 saturated carbocycles. The van der Waals surface area contributed by atoms with Crippen LogP contribution in [0, 0.1) is 28.9 Å². The summed E-state index contributed by atoms with van der Waals surface area (Å²) in [4.78, 5) is 20.8. The summed E-state index contributed by atoms with van der Waals surface area (Å²) in [5.41, 5.74) is 0.321. The highest BCUT2D eigenvalue weighted by Crippen LogP contribution is 2.41. The van der Waals surface area contributed by atoms with Gasteiger partial charge in [-0.3, -0.25) is 10.1 Å². The zero-order valence-corrected chi connectivity index (χ0v) is 11.4. The average molecular weight is 283 g/mol. The van der Waals surface area contributed by atoms with Gasteiger partial charge >= 0.3 is 5.69 Å². The van der Waals surface area contributed by atoms with Crippen LogP contribution in [0.4, 0.5) is 11.5 Å². The molecule has 1 aliphatic heterocycles. The number of nitrogens with zero attached hydrogens (tertiary/aromatic N) is 4. The number of fused-ring (bicyclic) bond motifs is 1. The van der Waals surface area contributed by atoms with Crippen LogP contribution < -0.4 is 4.90 Å². The van der Waals surface area contributed by atoms with E-state index in [1.54, 1.807) is 6.92 Å². The number of hydrogen-bond acceptors (Lipinski definition) is 5. The largest absolute Gasteiger partial charge is 0.350 e. The standard InChI is InChI=1S/C12H15ClN4O2/c1-7-10(17(18)19)11(15-12(13)14-7)16-5-8-3-2-4-9(8)6-16/h8-9H,2-6H2,1H3. The first-order valence-electron chi connectivity index (χ1n) is 6.49. The smallest absolute Gasteiger partial charge is 0.332 e. The molecule has 2 unspecified atom stereocenters. The number of hydrogen-bond donors (Lipinski definition) is 0. The van der Waals surface area contributed by atoms with E-state index >= 15 is 0 Å². The minimum Gasteiger partial charge on any atom is -0.350 e. The summed E-state index contributed by atoms with van der Waals surface area (Å²) in [5.74, 6) is 1.68. The van der Waals surface area contributed by atoms with Crippen molar-refractivity contribution in [1.29, 1.82) is 0 Å². The Morgan fingerprint density at radius 2 is 1.95 bits per heavy atom. The van der Waals surface area contributed by atoms with Gasteiger partial charge in [0.1, 0.15) is 5.69 Å². The molecule has 0 N–H and O–H groups in total. The molecule has 7 heteroatoms. The van der Waals surface area contributed by atoms with E-state index in [0.29, 0.717) is 23.3 Å². The van der Waals surface area contributed by atoms with Crippen LogP contribution in [0.3, 0.4) is 0 Å². The lowest BCUT2D eigenvalue weighted by Gasteiger charge is -2.18. The van der Waals surface area contributed by atoms with E-state index in [1.165, 1.54) is 19.3 Å². The lowest BCUT2D eigenvalue weighted by atomic mass is 10.0. The van der Waals surface area contributed by atoms with E-state index in [9.17, 15) is 10.1 Å². The van der Waals surface area contributed by atoms with E-state index in [0.717, 1.165) is 13.1 Å². The summed E-state index contributed by atoms with van der Waals surface area (Å²) < 4.78 is 0. The third-order valence-corrected chi connectivity index (χ3v) is 4.39. The predicted octanol–water partition coefficient (Wildman–Crippen LogP) is 2.58. The molecular weight excluding hydrogens is 268 g/mol. The van der Waals surface area contributed by atoms with Gasteiger partial charge in [0.25, 0.3) is 0 Å². The van der Waals surface area contributed by atoms with Gasteiger partial charge < -0.3 is 4.90 Å². The van der Waals surface area contributed by atoms with Crippen LogP contribution in [0.1, 0.15) is 25.0 Å². The van der Waals surface area contributed by atoms with Gasteiger partial charge in [-0.25, -0.2) is 4.98 Å². The highest BCUT2D eigenvalue weighted by atomic mass is 35.5. The molecule has 1 aliphatic carbocycles. The van der Waals surface area contributed by atoms with Gasteiger partial charge in [-0.15, -0.1) is 0 Å². The van der Waals surface area contributed by atoms with Gasteiger partial charge in [0, 0.05) is 13.1 Å². The highest BCUT2D eigenvalue weighted by Gasteiger charge is 2.39. The topological polar surface area (TPSA) is 72.2 Å². The second-order valence-corrected chi connectivity index (χ2v) is 5.70. The Morgan fingerprint density at radius 3 is 2.53 bits per heavy atom. The summed E-state index contributed by atoms with van der Waals surface area (Å²) >= 11 is 5.85. The van der Waals surface area contributed by atoms with Gasteiger partial charge in [0.2, 0.25) is 11.1 Å². The fraction of sp³-hybridized carbons (Fsp3) is 0.667. The van der Waals surface area contributed by atoms with Crippen LogP contribution in [0.2, 0.25) is 5.28 Å². The van der Waals surface area contributed by atoms with Crippen LogP contribution in [0.25, 0.3) is 0 Å². The molecule has 0 bridgehead atoms. The normalized spacial score (nSPS) is 25.7. The van der Waals surface area contributed by atoms with E-state index in [-0.39, 0.29) is 11.0 Å².